The average Bonchev–Trinajstić information content (AvgIpc) is 1.71. The summed E-state index contributed by atoms with van der Waals surface area (Å²) >= 11 is 0. The topological polar surface area (TPSA) is 277 Å². The number of anilines is 4. The van der Waals surface area contributed by atoms with Crippen LogP contribution in [0, 0.1) is 55.4 Å². The van der Waals surface area contributed by atoms with Crippen molar-refractivity contribution in [1.29, 1.82) is 0 Å². The van der Waals surface area contributed by atoms with Crippen molar-refractivity contribution in [3.05, 3.63) is 117 Å². The van der Waals surface area contributed by atoms with Gasteiger partial charge >= 0.3 is 0 Å². The molecule has 0 aromatic carbocycles. The summed E-state index contributed by atoms with van der Waals surface area (Å²) in [5.74, 6) is -8.82. The van der Waals surface area contributed by atoms with Crippen LogP contribution in [0.4, 0.5) is 67.2 Å². The van der Waals surface area contributed by atoms with E-state index in [1.165, 1.54) is 33.1 Å². The summed E-state index contributed by atoms with van der Waals surface area (Å²) in [5, 5.41) is 38.3. The zero-order chi connectivity index (χ0) is 68.2. The van der Waals surface area contributed by atoms with Crippen LogP contribution in [0.2, 0.25) is 0 Å². The Morgan fingerprint density at radius 3 is 1.10 bits per heavy atom. The van der Waals surface area contributed by atoms with Gasteiger partial charge in [-0.1, -0.05) is 0 Å². The van der Waals surface area contributed by atoms with E-state index in [2.05, 4.69) is 81.5 Å². The number of aliphatic hydroxyl groups is 1. The van der Waals surface area contributed by atoms with Crippen LogP contribution in [0.5, 0.6) is 0 Å². The first-order valence-electron chi connectivity index (χ1n) is 30.3. The van der Waals surface area contributed by atoms with Gasteiger partial charge in [0, 0.05) is 129 Å². The monoisotopic (exact) mass is 1320 g/mol. The van der Waals surface area contributed by atoms with E-state index in [4.69, 9.17) is 0 Å². The van der Waals surface area contributed by atoms with E-state index in [1.807, 2.05) is 59.7 Å². The van der Waals surface area contributed by atoms with Gasteiger partial charge in [-0.2, -0.15) is 40.3 Å². The Balaban J connectivity index is 0.000000148. The van der Waals surface area contributed by atoms with Gasteiger partial charge in [-0.05, 0) is 105 Å². The SMILES string of the molecule is CC(=O)c1cc(NC2CCC(F)(F)C2)nc(-n2nc(C)cc2C)n1.Cc1cc(C)n(-c2nc(C=O)cc(NC3CCC(F)(F)C3)n2)n1.Cc1cc(C)n(-c2nc(CO)cc(NC3CCC(F)(F)C3)n2)n1.Cc1cc(C)n(-c2nc(NC3CCC(F)(F)C3)cc(C(F)F)n2)n1. The normalized spacial score (nSPS) is 19.8. The van der Waals surface area contributed by atoms with Crippen molar-refractivity contribution in [3.8, 4) is 23.8 Å². The maximum absolute atomic E-state index is 13.4. The second kappa shape index (κ2) is 28.3. The van der Waals surface area contributed by atoms with Gasteiger partial charge < -0.3 is 26.4 Å². The number of nitrogens with one attached hydrogen (secondary N) is 4. The lowest BCUT2D eigenvalue weighted by molar-refractivity contribution is 0.00779. The molecule has 33 heteroatoms. The second-order valence-corrected chi connectivity index (χ2v) is 24.2. The van der Waals surface area contributed by atoms with Crippen molar-refractivity contribution in [3.63, 3.8) is 0 Å². The van der Waals surface area contributed by atoms with E-state index in [-0.39, 0.29) is 123 Å². The Labute approximate surface area is 533 Å². The molecule has 4 saturated carbocycles. The van der Waals surface area contributed by atoms with Crippen LogP contribution in [0.3, 0.4) is 0 Å². The molecule has 0 amide bonds. The van der Waals surface area contributed by atoms with Crippen molar-refractivity contribution < 1.29 is 58.6 Å². The number of carbonyl (C=O) groups is 2. The lowest BCUT2D eigenvalue weighted by Gasteiger charge is -2.15. The lowest BCUT2D eigenvalue weighted by Crippen LogP contribution is -2.21. The Kier molecular flexibility index (Phi) is 20.8. The van der Waals surface area contributed by atoms with E-state index in [1.54, 1.807) is 30.7 Å². The molecule has 504 valence electrons. The largest absolute Gasteiger partial charge is 0.390 e. The third-order valence-electron chi connectivity index (χ3n) is 15.6. The minimum absolute atomic E-state index is 0.00865. The molecule has 5 N–H and O–H groups in total. The number of aliphatic hydroxyl groups excluding tert-OH is 1. The van der Waals surface area contributed by atoms with E-state index < -0.39 is 41.9 Å². The summed E-state index contributed by atoms with van der Waals surface area (Å²) < 4.78 is 139. The van der Waals surface area contributed by atoms with Crippen LogP contribution in [0.1, 0.15) is 168 Å². The van der Waals surface area contributed by atoms with Crippen LogP contribution >= 0.6 is 0 Å². The summed E-state index contributed by atoms with van der Waals surface area (Å²) in [5.41, 5.74) is 6.66. The molecule has 0 radical (unpaired) electrons. The standard InChI is InChI=1S/C16H19F2N5O.C15H17F4N5.C15H19F2N5O.C15H17F2N5O/c1-9-6-10(2)23(22-9)15-20-13(11(3)24)7-14(21-15)19-12-4-5-16(17,18)8-12;1-8-5-9(2)24(23-8)14-21-11(13(16)17)6-12(22-14)20-10-3-4-15(18,19)7-10;2*1-9-5-10(2)22(21-9)14-19-12(8-23)6-13(20-14)18-11-3-4-15(16,17)7-11/h6-7,12H,4-5,8H2,1-3H3,(H,19,20,21);5-6,10,13H,3-4,7H2,1-2H3,(H,20,21,22);5-6,11,23H,3-4,7-8H2,1-2H3,(H,18,19,20);5-6,8,11H,3-4,7H2,1-2H3,(H,18,19,20). The number of ketones is 1. The molecule has 8 aromatic rings. The molecular weight excluding hydrogens is 1250 g/mol. The number of aryl methyl sites for hydroxylation is 8. The molecule has 4 unspecified atom stereocenters. The predicted molar refractivity (Wildman–Crippen MR) is 326 cm³/mol. The van der Waals surface area contributed by atoms with Crippen LogP contribution in [0.15, 0.2) is 48.5 Å². The van der Waals surface area contributed by atoms with Crippen molar-refractivity contribution in [1.82, 2.24) is 79.0 Å². The molecule has 94 heavy (non-hydrogen) atoms. The summed E-state index contributed by atoms with van der Waals surface area (Å²) in [6.07, 6.45) is -2.45. The Morgan fingerprint density at radius 2 is 0.798 bits per heavy atom. The summed E-state index contributed by atoms with van der Waals surface area (Å²) in [7, 11) is 0. The van der Waals surface area contributed by atoms with Gasteiger partial charge in [0.15, 0.2) is 12.1 Å². The number of Topliss-reactive ketones (excluding diaryl/α,β-unsaturated/α-hetero) is 1. The van der Waals surface area contributed by atoms with E-state index in [9.17, 15) is 58.6 Å². The van der Waals surface area contributed by atoms with Crippen LogP contribution in [-0.2, 0) is 6.61 Å². The van der Waals surface area contributed by atoms with Gasteiger partial charge in [-0.25, -0.2) is 82.6 Å². The quantitative estimate of drug-likeness (QED) is 0.0341. The first-order valence-corrected chi connectivity index (χ1v) is 30.3. The first-order chi connectivity index (χ1) is 44.2. The van der Waals surface area contributed by atoms with E-state index in [0.29, 0.717) is 66.0 Å². The summed E-state index contributed by atoms with van der Waals surface area (Å²) in [4.78, 5) is 56.5. The number of halogens is 10. The molecule has 0 spiro atoms. The smallest absolute Gasteiger partial charge is 0.280 e. The third kappa shape index (κ3) is 18.2. The molecule has 23 nitrogen and oxygen atoms in total. The average molecular weight is 1320 g/mol. The number of aldehydes is 1. The van der Waals surface area contributed by atoms with Crippen LogP contribution in [-0.4, -0.2) is 144 Å². The zero-order valence-corrected chi connectivity index (χ0v) is 53.0. The van der Waals surface area contributed by atoms with Crippen molar-refractivity contribution >= 4 is 35.3 Å². The van der Waals surface area contributed by atoms with Gasteiger partial charge in [0.1, 0.15) is 40.4 Å². The Hall–Kier alpha value is -9.04. The van der Waals surface area contributed by atoms with Gasteiger partial charge in [-0.3, -0.25) is 9.59 Å². The van der Waals surface area contributed by atoms with E-state index >= 15 is 0 Å². The van der Waals surface area contributed by atoms with Crippen molar-refractivity contribution in [2.75, 3.05) is 21.3 Å². The van der Waals surface area contributed by atoms with Gasteiger partial charge in [0.2, 0.25) is 23.7 Å². The Morgan fingerprint density at radius 1 is 0.479 bits per heavy atom. The number of hydrogen-bond acceptors (Lipinski definition) is 19. The molecule has 12 rings (SSSR count). The number of hydrogen-bond donors (Lipinski definition) is 5. The molecule has 0 saturated heterocycles. The molecule has 4 fully saturated rings. The third-order valence-corrected chi connectivity index (χ3v) is 15.6. The summed E-state index contributed by atoms with van der Waals surface area (Å²) in [6.45, 7) is 15.8. The highest BCUT2D eigenvalue weighted by molar-refractivity contribution is 5.93. The van der Waals surface area contributed by atoms with Crippen molar-refractivity contribution in [2.24, 2.45) is 0 Å². The van der Waals surface area contributed by atoms with E-state index in [0.717, 1.165) is 40.2 Å². The van der Waals surface area contributed by atoms with Crippen LogP contribution in [0.25, 0.3) is 23.8 Å². The molecule has 0 aliphatic heterocycles. The van der Waals surface area contributed by atoms with Gasteiger partial charge in [0.05, 0.1) is 35.1 Å². The van der Waals surface area contributed by atoms with Gasteiger partial charge in [-0.15, -0.1) is 0 Å². The first kappa shape index (κ1) is 69.3. The number of aromatic nitrogens is 16. The fourth-order valence-electron chi connectivity index (χ4n) is 11.4. The number of alkyl halides is 10. The van der Waals surface area contributed by atoms with Gasteiger partial charge in [0.25, 0.3) is 30.2 Å². The highest BCUT2D eigenvalue weighted by atomic mass is 19.3. The minimum Gasteiger partial charge on any atom is -0.390 e. The predicted octanol–water partition coefficient (Wildman–Crippen LogP) is 12.0. The fraction of sp³-hybridized carbons (Fsp3) is 0.508. The Bertz CT molecular complexity index is 4000. The molecule has 8 aromatic heterocycles. The molecule has 4 aliphatic rings. The molecule has 4 atom stereocenters. The minimum atomic E-state index is -2.80. The van der Waals surface area contributed by atoms with Crippen LogP contribution < -0.4 is 21.3 Å². The summed E-state index contributed by atoms with van der Waals surface area (Å²) in [6, 6.07) is 11.4. The molecule has 8 heterocycles. The second-order valence-electron chi connectivity index (χ2n) is 24.2. The van der Waals surface area contributed by atoms with Crippen molar-refractivity contribution in [2.45, 2.75) is 200 Å². The maximum Gasteiger partial charge on any atom is 0.280 e. The number of nitrogens with zero attached hydrogens (tertiary/aromatic N) is 16. The molecule has 4 aliphatic carbocycles. The number of rotatable bonds is 16. The number of carbonyl (C=O) groups excluding carboxylic acids is 2. The molecule has 0 bridgehead atoms. The zero-order valence-electron chi connectivity index (χ0n) is 53.0. The fourth-order valence-corrected chi connectivity index (χ4v) is 11.4. The highest BCUT2D eigenvalue weighted by Gasteiger charge is 2.42. The highest BCUT2D eigenvalue weighted by Crippen LogP contribution is 2.40. The maximum atomic E-state index is 13.4. The molecular formula is C61H72F10N20O3. The lowest BCUT2D eigenvalue weighted by atomic mass is 10.2.